The zero-order chi connectivity index (χ0) is 15.9. The lowest BCUT2D eigenvalue weighted by atomic mass is 10.3. The van der Waals surface area contributed by atoms with E-state index < -0.39 is 0 Å². The largest absolute Gasteiger partial charge is 0.417 e. The van der Waals surface area contributed by atoms with Gasteiger partial charge in [-0.25, -0.2) is 0 Å². The Bertz CT molecular complexity index is 517. The molecule has 0 aromatic carbocycles. The Morgan fingerprint density at radius 2 is 1.91 bits per heavy atom. The van der Waals surface area contributed by atoms with Gasteiger partial charge in [-0.15, -0.1) is 10.2 Å². The minimum atomic E-state index is -0.268. The van der Waals surface area contributed by atoms with Crippen molar-refractivity contribution in [3.8, 4) is 0 Å². The normalized spacial score (nSPS) is 15.7. The number of nitrogens with zero attached hydrogens (tertiary/aromatic N) is 4. The summed E-state index contributed by atoms with van der Waals surface area (Å²) in [5, 5.41) is 7.68. The molecule has 2 heterocycles. The Balaban J connectivity index is 1.94. The molecule has 1 fully saturated rings. The van der Waals surface area contributed by atoms with Crippen molar-refractivity contribution in [1.29, 1.82) is 0 Å². The highest BCUT2D eigenvalue weighted by atomic mass is 16.5. The summed E-state index contributed by atoms with van der Waals surface area (Å²) in [4.78, 5) is 27.6. The summed E-state index contributed by atoms with van der Waals surface area (Å²) < 4.78 is 10.2. The molecule has 1 aromatic heterocycles. The zero-order valence-electron chi connectivity index (χ0n) is 13.1. The van der Waals surface area contributed by atoms with E-state index in [9.17, 15) is 9.59 Å². The maximum absolute atomic E-state index is 12.4. The van der Waals surface area contributed by atoms with Gasteiger partial charge in [0.25, 0.3) is 0 Å². The Hall–Kier alpha value is -1.96. The third-order valence-corrected chi connectivity index (χ3v) is 3.52. The Morgan fingerprint density at radius 3 is 2.64 bits per heavy atom. The molecular weight excluding hydrogens is 288 g/mol. The predicted octanol–water partition coefficient (Wildman–Crippen LogP) is 0.343. The molecule has 0 unspecified atom stereocenters. The molecule has 0 aliphatic carbocycles. The van der Waals surface area contributed by atoms with Crippen molar-refractivity contribution in [3.63, 3.8) is 0 Å². The number of carbonyl (C=O) groups excluding carboxylic acids is 2. The highest BCUT2D eigenvalue weighted by Gasteiger charge is 2.25. The predicted molar refractivity (Wildman–Crippen MR) is 77.3 cm³/mol. The van der Waals surface area contributed by atoms with Gasteiger partial charge in [0.1, 0.15) is 6.61 Å². The molecule has 0 atom stereocenters. The van der Waals surface area contributed by atoms with Crippen LogP contribution in [0.2, 0.25) is 0 Å². The first-order chi connectivity index (χ1) is 10.7. The minimum Gasteiger partial charge on any atom is -0.417 e. The average molecular weight is 310 g/mol. The van der Waals surface area contributed by atoms with Gasteiger partial charge in [0.05, 0.1) is 0 Å². The summed E-state index contributed by atoms with van der Waals surface area (Å²) in [7, 11) is 1.50. The number of methoxy groups -OCH3 is 1. The number of rotatable bonds is 5. The van der Waals surface area contributed by atoms with E-state index in [2.05, 4.69) is 10.2 Å². The number of hydrogen-bond donors (Lipinski definition) is 0. The lowest BCUT2D eigenvalue weighted by Crippen LogP contribution is -2.38. The monoisotopic (exact) mass is 310 g/mol. The van der Waals surface area contributed by atoms with Crippen LogP contribution in [0.3, 0.4) is 0 Å². The second kappa shape index (κ2) is 7.88. The van der Waals surface area contributed by atoms with E-state index in [4.69, 9.17) is 9.15 Å². The van der Waals surface area contributed by atoms with Crippen LogP contribution in [0.25, 0.3) is 0 Å². The molecule has 1 aliphatic rings. The van der Waals surface area contributed by atoms with Crippen LogP contribution in [-0.4, -0.2) is 71.7 Å². The third kappa shape index (κ3) is 4.03. The molecule has 0 bridgehead atoms. The fourth-order valence-corrected chi connectivity index (χ4v) is 2.37. The molecule has 0 radical (unpaired) electrons. The van der Waals surface area contributed by atoms with Gasteiger partial charge in [0, 0.05) is 39.7 Å². The molecule has 1 aromatic rings. The molecular formula is C14H22N4O4. The van der Waals surface area contributed by atoms with Crippen molar-refractivity contribution in [2.24, 2.45) is 0 Å². The van der Waals surface area contributed by atoms with Crippen LogP contribution in [0.1, 0.15) is 36.3 Å². The van der Waals surface area contributed by atoms with Crippen molar-refractivity contribution in [3.05, 3.63) is 11.8 Å². The quantitative estimate of drug-likeness (QED) is 0.779. The average Bonchev–Trinajstić information content (AvgIpc) is 2.83. The van der Waals surface area contributed by atoms with Crippen LogP contribution >= 0.6 is 0 Å². The van der Waals surface area contributed by atoms with E-state index in [0.29, 0.717) is 38.5 Å². The molecule has 0 saturated carbocycles. The first-order valence-electron chi connectivity index (χ1n) is 7.54. The van der Waals surface area contributed by atoms with Gasteiger partial charge in [-0.1, -0.05) is 6.92 Å². The third-order valence-electron chi connectivity index (χ3n) is 3.52. The summed E-state index contributed by atoms with van der Waals surface area (Å²) in [6.45, 7) is 4.21. The van der Waals surface area contributed by atoms with Crippen molar-refractivity contribution >= 4 is 11.8 Å². The molecule has 0 N–H and O–H groups in total. The van der Waals surface area contributed by atoms with Crippen LogP contribution in [-0.2, 0) is 16.0 Å². The molecule has 8 nitrogen and oxygen atoms in total. The van der Waals surface area contributed by atoms with Gasteiger partial charge in [-0.3, -0.25) is 9.59 Å². The Labute approximate surface area is 129 Å². The molecule has 1 aliphatic heterocycles. The minimum absolute atomic E-state index is 0.0279. The number of ether oxygens (including phenoxy) is 1. The second-order valence-electron chi connectivity index (χ2n) is 5.21. The van der Waals surface area contributed by atoms with Crippen molar-refractivity contribution in [2.45, 2.75) is 26.2 Å². The molecule has 122 valence electrons. The van der Waals surface area contributed by atoms with Crippen LogP contribution in [0.15, 0.2) is 4.42 Å². The van der Waals surface area contributed by atoms with E-state index in [0.717, 1.165) is 12.8 Å². The first kappa shape index (κ1) is 16.4. The summed E-state index contributed by atoms with van der Waals surface area (Å²) in [5.41, 5.74) is 0. The van der Waals surface area contributed by atoms with E-state index in [1.807, 2.05) is 6.92 Å². The van der Waals surface area contributed by atoms with Gasteiger partial charge in [-0.2, -0.15) is 0 Å². The van der Waals surface area contributed by atoms with E-state index in [1.54, 1.807) is 9.80 Å². The summed E-state index contributed by atoms with van der Waals surface area (Å²) in [6.07, 6.45) is 2.27. The van der Waals surface area contributed by atoms with Gasteiger partial charge >= 0.3 is 11.8 Å². The summed E-state index contributed by atoms with van der Waals surface area (Å²) in [6, 6.07) is 0. The fourth-order valence-electron chi connectivity index (χ4n) is 2.37. The van der Waals surface area contributed by atoms with Crippen molar-refractivity contribution in [1.82, 2.24) is 20.0 Å². The molecule has 2 amide bonds. The van der Waals surface area contributed by atoms with Gasteiger partial charge in [0.2, 0.25) is 11.8 Å². The second-order valence-corrected chi connectivity index (χ2v) is 5.21. The zero-order valence-corrected chi connectivity index (χ0v) is 13.1. The SMILES string of the molecule is CCCc1nnc(C(=O)N2CCCN(C(=O)COC)CC2)o1. The van der Waals surface area contributed by atoms with Crippen LogP contribution in [0, 0.1) is 0 Å². The standard InChI is InChI=1S/C14H22N4O4/c1-3-5-11-15-16-13(22-11)14(20)18-7-4-6-17(8-9-18)12(19)10-21-2/h3-10H2,1-2H3. The van der Waals surface area contributed by atoms with E-state index in [-0.39, 0.29) is 24.3 Å². The molecule has 22 heavy (non-hydrogen) atoms. The maximum Gasteiger partial charge on any atom is 0.311 e. The highest BCUT2D eigenvalue weighted by Crippen LogP contribution is 2.10. The summed E-state index contributed by atoms with van der Waals surface area (Å²) >= 11 is 0. The van der Waals surface area contributed by atoms with Gasteiger partial charge in [0.15, 0.2) is 0 Å². The number of hydrogen-bond acceptors (Lipinski definition) is 6. The number of carbonyl (C=O) groups is 2. The topological polar surface area (TPSA) is 88.8 Å². The van der Waals surface area contributed by atoms with Crippen LogP contribution in [0.5, 0.6) is 0 Å². The van der Waals surface area contributed by atoms with Crippen LogP contribution in [0.4, 0.5) is 0 Å². The van der Waals surface area contributed by atoms with E-state index in [1.165, 1.54) is 7.11 Å². The first-order valence-corrected chi connectivity index (χ1v) is 7.54. The number of aryl methyl sites for hydroxylation is 1. The Kier molecular flexibility index (Phi) is 5.88. The van der Waals surface area contributed by atoms with Gasteiger partial charge in [-0.05, 0) is 12.8 Å². The maximum atomic E-state index is 12.4. The van der Waals surface area contributed by atoms with Crippen molar-refractivity contribution in [2.75, 3.05) is 39.9 Å². The summed E-state index contributed by atoms with van der Waals surface area (Å²) in [5.74, 6) is 0.188. The van der Waals surface area contributed by atoms with Crippen molar-refractivity contribution < 1.29 is 18.7 Å². The lowest BCUT2D eigenvalue weighted by molar-refractivity contribution is -0.135. The number of aromatic nitrogens is 2. The molecule has 2 rings (SSSR count). The number of amides is 2. The van der Waals surface area contributed by atoms with E-state index >= 15 is 0 Å². The molecule has 8 heteroatoms. The van der Waals surface area contributed by atoms with Crippen LogP contribution < -0.4 is 0 Å². The molecule has 0 spiro atoms. The fraction of sp³-hybridized carbons (Fsp3) is 0.714. The Morgan fingerprint density at radius 1 is 1.18 bits per heavy atom. The smallest absolute Gasteiger partial charge is 0.311 e. The van der Waals surface area contributed by atoms with Gasteiger partial charge < -0.3 is 19.0 Å². The highest BCUT2D eigenvalue weighted by molar-refractivity contribution is 5.89. The lowest BCUT2D eigenvalue weighted by Gasteiger charge is -2.21. The molecule has 1 saturated heterocycles.